The molecule has 4 nitrogen and oxygen atoms in total. The Hall–Kier alpha value is -2.07. The van der Waals surface area contributed by atoms with Crippen LogP contribution in [0.1, 0.15) is 18.5 Å². The predicted molar refractivity (Wildman–Crippen MR) is 87.3 cm³/mol. The molecule has 0 amide bonds. The second kappa shape index (κ2) is 6.14. The fourth-order valence-electron chi connectivity index (χ4n) is 2.87. The molecule has 0 radical (unpaired) electrons. The molecule has 1 saturated heterocycles. The second-order valence-corrected chi connectivity index (χ2v) is 5.56. The van der Waals surface area contributed by atoms with Crippen molar-refractivity contribution in [3.05, 3.63) is 54.2 Å². The normalized spacial score (nSPS) is 17.7. The Morgan fingerprint density at radius 2 is 1.71 bits per heavy atom. The molecule has 110 valence electrons. The molecule has 3 rings (SSSR count). The molecule has 1 atom stereocenters. The highest BCUT2D eigenvalue weighted by Crippen LogP contribution is 2.23. The number of benzene rings is 1. The van der Waals surface area contributed by atoms with Crippen LogP contribution in [0, 0.1) is 0 Å². The van der Waals surface area contributed by atoms with Gasteiger partial charge in [-0.1, -0.05) is 30.3 Å². The topological polar surface area (TPSA) is 45.4 Å². The molecule has 1 aliphatic rings. The zero-order valence-electron chi connectivity index (χ0n) is 12.4. The summed E-state index contributed by atoms with van der Waals surface area (Å²) in [7, 11) is 0. The van der Waals surface area contributed by atoms with Crippen molar-refractivity contribution in [1.82, 2.24) is 9.88 Å². The van der Waals surface area contributed by atoms with Gasteiger partial charge in [0.15, 0.2) is 0 Å². The number of piperazine rings is 1. The van der Waals surface area contributed by atoms with E-state index in [0.717, 1.165) is 37.7 Å². The molecule has 0 spiro atoms. The van der Waals surface area contributed by atoms with Gasteiger partial charge >= 0.3 is 0 Å². The number of nitrogens with zero attached hydrogens (tertiary/aromatic N) is 3. The minimum Gasteiger partial charge on any atom is -0.397 e. The lowest BCUT2D eigenvalue weighted by Crippen LogP contribution is -2.47. The zero-order chi connectivity index (χ0) is 14.7. The van der Waals surface area contributed by atoms with Gasteiger partial charge in [-0.25, -0.2) is 4.98 Å². The van der Waals surface area contributed by atoms with Crippen LogP contribution < -0.4 is 10.6 Å². The van der Waals surface area contributed by atoms with Gasteiger partial charge in [0, 0.05) is 32.2 Å². The van der Waals surface area contributed by atoms with E-state index in [1.807, 2.05) is 12.1 Å². The Kier molecular flexibility index (Phi) is 4.06. The maximum atomic E-state index is 5.69. The van der Waals surface area contributed by atoms with Crippen LogP contribution in [-0.4, -0.2) is 36.1 Å². The third kappa shape index (κ3) is 3.16. The minimum atomic E-state index is 0.465. The summed E-state index contributed by atoms with van der Waals surface area (Å²) in [5.74, 6) is 1.02. The number of hydrogen-bond acceptors (Lipinski definition) is 4. The summed E-state index contributed by atoms with van der Waals surface area (Å²) in [6, 6.07) is 15.1. The third-order valence-corrected chi connectivity index (χ3v) is 4.24. The van der Waals surface area contributed by atoms with Crippen LogP contribution in [0.4, 0.5) is 11.5 Å². The summed E-state index contributed by atoms with van der Waals surface area (Å²) in [6.07, 6.45) is 1.73. The van der Waals surface area contributed by atoms with Crippen molar-refractivity contribution < 1.29 is 0 Å². The Morgan fingerprint density at radius 3 is 2.33 bits per heavy atom. The zero-order valence-corrected chi connectivity index (χ0v) is 12.4. The predicted octanol–water partition coefficient (Wildman–Crippen LogP) is 2.55. The fourth-order valence-corrected chi connectivity index (χ4v) is 2.87. The number of nitrogen functional groups attached to an aromatic ring is 1. The summed E-state index contributed by atoms with van der Waals surface area (Å²) >= 11 is 0. The highest BCUT2D eigenvalue weighted by Gasteiger charge is 2.22. The van der Waals surface area contributed by atoms with E-state index in [2.05, 4.69) is 52.0 Å². The molecule has 0 bridgehead atoms. The number of aromatic nitrogens is 1. The van der Waals surface area contributed by atoms with Crippen molar-refractivity contribution in [3.63, 3.8) is 0 Å². The lowest BCUT2D eigenvalue weighted by Gasteiger charge is -2.38. The number of anilines is 2. The maximum absolute atomic E-state index is 5.69. The van der Waals surface area contributed by atoms with Crippen molar-refractivity contribution in [1.29, 1.82) is 0 Å². The van der Waals surface area contributed by atoms with Gasteiger partial charge in [-0.3, -0.25) is 4.90 Å². The van der Waals surface area contributed by atoms with Crippen LogP contribution in [0.25, 0.3) is 0 Å². The summed E-state index contributed by atoms with van der Waals surface area (Å²) in [4.78, 5) is 9.27. The first-order valence-corrected chi connectivity index (χ1v) is 7.49. The molecule has 4 heteroatoms. The highest BCUT2D eigenvalue weighted by atomic mass is 15.3. The average Bonchev–Trinajstić information content (AvgIpc) is 2.56. The van der Waals surface area contributed by atoms with Crippen molar-refractivity contribution in [2.75, 3.05) is 36.8 Å². The number of hydrogen-bond donors (Lipinski definition) is 1. The Bertz CT molecular complexity index is 559. The Balaban J connectivity index is 1.61. The Morgan fingerprint density at radius 1 is 1.00 bits per heavy atom. The fraction of sp³-hybridized carbons (Fsp3) is 0.353. The number of nitrogens with two attached hydrogens (primary N) is 1. The first-order chi connectivity index (χ1) is 10.2. The quantitative estimate of drug-likeness (QED) is 0.939. The summed E-state index contributed by atoms with van der Waals surface area (Å²) in [5, 5.41) is 0. The molecule has 1 unspecified atom stereocenters. The smallest absolute Gasteiger partial charge is 0.128 e. The molecular formula is C17H22N4. The number of rotatable bonds is 3. The van der Waals surface area contributed by atoms with E-state index in [0.29, 0.717) is 6.04 Å². The first-order valence-electron chi connectivity index (χ1n) is 7.49. The van der Waals surface area contributed by atoms with E-state index >= 15 is 0 Å². The molecule has 2 heterocycles. The minimum absolute atomic E-state index is 0.465. The van der Waals surface area contributed by atoms with Gasteiger partial charge in [0.2, 0.25) is 0 Å². The monoisotopic (exact) mass is 282 g/mol. The lowest BCUT2D eigenvalue weighted by atomic mass is 10.1. The van der Waals surface area contributed by atoms with Gasteiger partial charge in [0.1, 0.15) is 5.82 Å². The Labute approximate surface area is 126 Å². The lowest BCUT2D eigenvalue weighted by molar-refractivity contribution is 0.198. The van der Waals surface area contributed by atoms with Gasteiger partial charge in [-0.05, 0) is 24.6 Å². The molecule has 0 saturated carbocycles. The highest BCUT2D eigenvalue weighted by molar-refractivity contribution is 5.46. The standard InChI is InChI=1S/C17H22N4/c1-14(15-5-3-2-4-6-15)20-9-11-21(12-10-20)17-8-7-16(18)13-19-17/h2-8,13-14H,9-12,18H2,1H3. The van der Waals surface area contributed by atoms with E-state index in [9.17, 15) is 0 Å². The first kappa shape index (κ1) is 13.9. The van der Waals surface area contributed by atoms with Crippen LogP contribution in [-0.2, 0) is 0 Å². The molecule has 2 N–H and O–H groups in total. The molecular weight excluding hydrogens is 260 g/mol. The second-order valence-electron chi connectivity index (χ2n) is 5.56. The van der Waals surface area contributed by atoms with E-state index in [1.165, 1.54) is 5.56 Å². The third-order valence-electron chi connectivity index (χ3n) is 4.24. The van der Waals surface area contributed by atoms with E-state index in [1.54, 1.807) is 6.20 Å². The van der Waals surface area contributed by atoms with Crippen LogP contribution in [0.2, 0.25) is 0 Å². The largest absolute Gasteiger partial charge is 0.397 e. The molecule has 1 aliphatic heterocycles. The molecule has 1 fully saturated rings. The van der Waals surface area contributed by atoms with Crippen LogP contribution in [0.5, 0.6) is 0 Å². The summed E-state index contributed by atoms with van der Waals surface area (Å²) < 4.78 is 0. The molecule has 0 aliphatic carbocycles. The van der Waals surface area contributed by atoms with Gasteiger partial charge in [-0.2, -0.15) is 0 Å². The van der Waals surface area contributed by atoms with E-state index in [-0.39, 0.29) is 0 Å². The van der Waals surface area contributed by atoms with Crippen molar-refractivity contribution in [2.24, 2.45) is 0 Å². The van der Waals surface area contributed by atoms with E-state index in [4.69, 9.17) is 5.73 Å². The van der Waals surface area contributed by atoms with Gasteiger partial charge in [0.05, 0.1) is 11.9 Å². The van der Waals surface area contributed by atoms with Gasteiger partial charge in [0.25, 0.3) is 0 Å². The van der Waals surface area contributed by atoms with Crippen LogP contribution in [0.15, 0.2) is 48.7 Å². The summed E-state index contributed by atoms with van der Waals surface area (Å²) in [6.45, 7) is 6.42. The molecule has 2 aromatic rings. The van der Waals surface area contributed by atoms with Gasteiger partial charge < -0.3 is 10.6 Å². The van der Waals surface area contributed by atoms with Crippen LogP contribution in [0.3, 0.4) is 0 Å². The van der Waals surface area contributed by atoms with Crippen molar-refractivity contribution in [3.8, 4) is 0 Å². The van der Waals surface area contributed by atoms with Crippen LogP contribution >= 0.6 is 0 Å². The number of pyridine rings is 1. The molecule has 1 aromatic carbocycles. The molecule has 1 aromatic heterocycles. The maximum Gasteiger partial charge on any atom is 0.128 e. The van der Waals surface area contributed by atoms with Gasteiger partial charge in [-0.15, -0.1) is 0 Å². The molecule has 21 heavy (non-hydrogen) atoms. The summed E-state index contributed by atoms with van der Waals surface area (Å²) in [5.41, 5.74) is 7.80. The van der Waals surface area contributed by atoms with Crippen molar-refractivity contribution in [2.45, 2.75) is 13.0 Å². The average molecular weight is 282 g/mol. The van der Waals surface area contributed by atoms with E-state index < -0.39 is 0 Å². The van der Waals surface area contributed by atoms with Crippen molar-refractivity contribution >= 4 is 11.5 Å². The SMILES string of the molecule is CC(c1ccccc1)N1CCN(c2ccc(N)cn2)CC1.